The Labute approximate surface area is 60.4 Å². The first-order chi connectivity index (χ1) is 4.36. The van der Waals surface area contributed by atoms with E-state index in [9.17, 15) is 0 Å². The third-order valence-electron chi connectivity index (χ3n) is 1.31. The average Bonchev–Trinajstić information content (AvgIpc) is 1.78. The van der Waals surface area contributed by atoms with Gasteiger partial charge in [0.05, 0.1) is 11.0 Å². The second-order valence-corrected chi connectivity index (χ2v) is 2.86. The Balaban J connectivity index is 2.78. The van der Waals surface area contributed by atoms with Gasteiger partial charge >= 0.3 is 0 Å². The molecule has 2 nitrogen and oxygen atoms in total. The summed E-state index contributed by atoms with van der Waals surface area (Å²) in [6.45, 7) is 0. The molecular formula is C6H5BrN2. The summed E-state index contributed by atoms with van der Waals surface area (Å²) >= 11 is 3.36. The van der Waals surface area contributed by atoms with Crippen LogP contribution in [0.25, 0.3) is 11.0 Å². The first kappa shape index (κ1) is 5.11. The second-order valence-electron chi connectivity index (χ2n) is 1.94. The predicted octanol–water partition coefficient (Wildman–Crippen LogP) is 2.26. The minimum atomic E-state index is 1.11. The van der Waals surface area contributed by atoms with Gasteiger partial charge in [-0.25, -0.2) is 0 Å². The van der Waals surface area contributed by atoms with E-state index in [-0.39, 0.29) is 0 Å². The molecule has 0 saturated heterocycles. The van der Waals surface area contributed by atoms with E-state index in [0.29, 0.717) is 0 Å². The lowest BCUT2D eigenvalue weighted by atomic mass is 10.3. The van der Waals surface area contributed by atoms with Crippen LogP contribution < -0.4 is 0 Å². The molecule has 0 amide bonds. The van der Waals surface area contributed by atoms with E-state index >= 15 is 0 Å². The minimum absolute atomic E-state index is 1.11. The highest BCUT2D eigenvalue weighted by molar-refractivity contribution is 9.10. The maximum Gasteiger partial charge on any atom is 0.0800 e. The molecule has 0 bridgehead atoms. The summed E-state index contributed by atoms with van der Waals surface area (Å²) < 4.78 is 1.11. The lowest BCUT2D eigenvalue weighted by molar-refractivity contribution is 1.07. The number of benzene rings is 1. The van der Waals surface area contributed by atoms with E-state index in [4.69, 9.17) is 0 Å². The SMILES string of the molecule is Brc1ccc2[nH][nH]c2c1. The number of fused-ring (bicyclic) bond motifs is 1. The molecule has 0 aliphatic carbocycles. The number of hydrogen-bond donors (Lipinski definition) is 2. The van der Waals surface area contributed by atoms with Crippen molar-refractivity contribution in [3.8, 4) is 0 Å². The number of aromatic nitrogens is 2. The van der Waals surface area contributed by atoms with Gasteiger partial charge in [0, 0.05) is 4.47 Å². The first-order valence-corrected chi connectivity index (χ1v) is 3.47. The molecule has 9 heavy (non-hydrogen) atoms. The highest BCUT2D eigenvalue weighted by Crippen LogP contribution is 2.16. The van der Waals surface area contributed by atoms with Crippen molar-refractivity contribution in [2.45, 2.75) is 0 Å². The number of H-pyrrole nitrogens is 2. The van der Waals surface area contributed by atoms with Crippen molar-refractivity contribution >= 4 is 27.0 Å². The summed E-state index contributed by atoms with van der Waals surface area (Å²) in [5, 5.41) is 5.90. The van der Waals surface area contributed by atoms with Crippen LogP contribution in [-0.4, -0.2) is 10.2 Å². The van der Waals surface area contributed by atoms with Crippen molar-refractivity contribution in [3.05, 3.63) is 22.7 Å². The van der Waals surface area contributed by atoms with Gasteiger partial charge in [0.1, 0.15) is 0 Å². The van der Waals surface area contributed by atoms with Gasteiger partial charge in [0.25, 0.3) is 0 Å². The third kappa shape index (κ3) is 0.685. The van der Waals surface area contributed by atoms with Crippen molar-refractivity contribution in [1.29, 1.82) is 0 Å². The molecule has 0 radical (unpaired) electrons. The van der Waals surface area contributed by atoms with Crippen molar-refractivity contribution < 1.29 is 0 Å². The van der Waals surface area contributed by atoms with Gasteiger partial charge in [-0.05, 0) is 18.2 Å². The summed E-state index contributed by atoms with van der Waals surface area (Å²) in [5.74, 6) is 0. The Bertz CT molecular complexity index is 320. The first-order valence-electron chi connectivity index (χ1n) is 2.68. The molecule has 46 valence electrons. The van der Waals surface area contributed by atoms with Crippen LogP contribution in [0.2, 0.25) is 0 Å². The molecule has 0 spiro atoms. The molecule has 1 aromatic carbocycles. The molecule has 0 fully saturated rings. The molecule has 0 aliphatic heterocycles. The van der Waals surface area contributed by atoms with Crippen LogP contribution in [0.15, 0.2) is 22.7 Å². The molecule has 0 atom stereocenters. The smallest absolute Gasteiger partial charge is 0.0800 e. The average molecular weight is 185 g/mol. The minimum Gasteiger partial charge on any atom is -0.299 e. The highest BCUT2D eigenvalue weighted by atomic mass is 79.9. The molecule has 1 aromatic heterocycles. The Hall–Kier alpha value is -0.700. The summed E-state index contributed by atoms with van der Waals surface area (Å²) in [4.78, 5) is 0. The molecule has 0 aliphatic rings. The van der Waals surface area contributed by atoms with Crippen molar-refractivity contribution in [2.75, 3.05) is 0 Å². The van der Waals surface area contributed by atoms with Gasteiger partial charge in [0.15, 0.2) is 0 Å². The maximum atomic E-state index is 3.36. The Morgan fingerprint density at radius 3 is 2.33 bits per heavy atom. The van der Waals surface area contributed by atoms with E-state index in [1.54, 1.807) is 0 Å². The number of nitrogens with one attached hydrogen (secondary N) is 2. The number of hydrogen-bond acceptors (Lipinski definition) is 0. The van der Waals surface area contributed by atoms with Crippen LogP contribution in [0, 0.1) is 0 Å². The van der Waals surface area contributed by atoms with E-state index < -0.39 is 0 Å². The molecule has 3 heteroatoms. The zero-order valence-corrected chi connectivity index (χ0v) is 6.20. The van der Waals surface area contributed by atoms with Crippen LogP contribution in [0.5, 0.6) is 0 Å². The Morgan fingerprint density at radius 1 is 1.11 bits per heavy atom. The van der Waals surface area contributed by atoms with Gasteiger partial charge < -0.3 is 0 Å². The summed E-state index contributed by atoms with van der Waals surface area (Å²) in [6.07, 6.45) is 0. The summed E-state index contributed by atoms with van der Waals surface area (Å²) in [6, 6.07) is 6.06. The Morgan fingerprint density at radius 2 is 1.89 bits per heavy atom. The zero-order valence-electron chi connectivity index (χ0n) is 4.61. The van der Waals surface area contributed by atoms with Crippen molar-refractivity contribution in [3.63, 3.8) is 0 Å². The van der Waals surface area contributed by atoms with Crippen LogP contribution in [0.1, 0.15) is 0 Å². The number of halogens is 1. The Kier molecular flexibility index (Phi) is 0.931. The monoisotopic (exact) mass is 184 g/mol. The second kappa shape index (κ2) is 1.64. The van der Waals surface area contributed by atoms with Gasteiger partial charge in [0.2, 0.25) is 0 Å². The lowest BCUT2D eigenvalue weighted by Gasteiger charge is -2.01. The van der Waals surface area contributed by atoms with E-state index in [2.05, 4.69) is 26.1 Å². The van der Waals surface area contributed by atoms with Crippen molar-refractivity contribution in [2.24, 2.45) is 0 Å². The van der Waals surface area contributed by atoms with Crippen molar-refractivity contribution in [1.82, 2.24) is 10.2 Å². The fourth-order valence-electron chi connectivity index (χ4n) is 0.801. The summed E-state index contributed by atoms with van der Waals surface area (Å²) in [5.41, 5.74) is 2.32. The number of aromatic amines is 2. The van der Waals surface area contributed by atoms with Gasteiger partial charge in [-0.1, -0.05) is 15.9 Å². The highest BCUT2D eigenvalue weighted by Gasteiger charge is 1.94. The number of rotatable bonds is 0. The topological polar surface area (TPSA) is 31.6 Å². The molecular weight excluding hydrogens is 180 g/mol. The molecule has 2 rings (SSSR count). The fraction of sp³-hybridized carbons (Fsp3) is 0. The van der Waals surface area contributed by atoms with E-state index in [1.807, 2.05) is 18.2 Å². The van der Waals surface area contributed by atoms with Crippen LogP contribution >= 0.6 is 15.9 Å². The van der Waals surface area contributed by atoms with Crippen LogP contribution in [0.4, 0.5) is 0 Å². The predicted molar refractivity (Wildman–Crippen MR) is 40.3 cm³/mol. The van der Waals surface area contributed by atoms with Gasteiger partial charge in [-0.2, -0.15) is 0 Å². The zero-order chi connectivity index (χ0) is 6.27. The van der Waals surface area contributed by atoms with E-state index in [0.717, 1.165) is 9.99 Å². The molecule has 0 saturated carbocycles. The largest absolute Gasteiger partial charge is 0.299 e. The fourth-order valence-corrected chi connectivity index (χ4v) is 1.16. The third-order valence-corrected chi connectivity index (χ3v) is 1.81. The van der Waals surface area contributed by atoms with Crippen LogP contribution in [0.3, 0.4) is 0 Å². The standard InChI is InChI=1S/C6H5BrN2/c7-4-1-2-5-6(3-4)9-8-5/h1-3,8-9H. The lowest BCUT2D eigenvalue weighted by Crippen LogP contribution is -1.89. The van der Waals surface area contributed by atoms with Gasteiger partial charge in [-0.3, -0.25) is 10.2 Å². The maximum absolute atomic E-state index is 3.36. The van der Waals surface area contributed by atoms with Crippen LogP contribution in [-0.2, 0) is 0 Å². The van der Waals surface area contributed by atoms with Gasteiger partial charge in [-0.15, -0.1) is 0 Å². The van der Waals surface area contributed by atoms with E-state index in [1.165, 1.54) is 5.52 Å². The molecule has 2 N–H and O–H groups in total. The molecule has 0 unspecified atom stereocenters. The summed E-state index contributed by atoms with van der Waals surface area (Å²) in [7, 11) is 0. The molecule has 1 heterocycles. The normalized spacial score (nSPS) is 10.8. The molecule has 2 aromatic rings. The quantitative estimate of drug-likeness (QED) is 0.630.